The predicted molar refractivity (Wildman–Crippen MR) is 108 cm³/mol. The number of carboxylic acid groups (broad SMARTS) is 1. The van der Waals surface area contributed by atoms with Crippen molar-refractivity contribution in [3.8, 4) is 11.4 Å². The maximum Gasteiger partial charge on any atom is 0.303 e. The lowest BCUT2D eigenvalue weighted by atomic mass is 9.93. The zero-order chi connectivity index (χ0) is 21.0. The van der Waals surface area contributed by atoms with Crippen molar-refractivity contribution < 1.29 is 18.7 Å². The average Bonchev–Trinajstić information content (AvgIpc) is 2.67. The molecular formula is C21H26F2N4O2. The number of rotatable bonds is 7. The number of anilines is 2. The van der Waals surface area contributed by atoms with Gasteiger partial charge in [0.2, 0.25) is 0 Å². The minimum atomic E-state index is -0.838. The number of nitrogens with zero attached hydrogens (tertiary/aromatic N) is 3. The van der Waals surface area contributed by atoms with Gasteiger partial charge in [-0.15, -0.1) is 0 Å². The Morgan fingerprint density at radius 1 is 1.28 bits per heavy atom. The van der Waals surface area contributed by atoms with Gasteiger partial charge in [-0.1, -0.05) is 13.8 Å². The SMILES string of the molecule is CC(C)CNc1ccnc(-c2cc(F)c(N3CCC(CC(=O)O)CC3)c(F)c2)n1. The van der Waals surface area contributed by atoms with Crippen LogP contribution in [0, 0.1) is 23.5 Å². The van der Waals surface area contributed by atoms with Crippen molar-refractivity contribution in [2.75, 3.05) is 29.9 Å². The van der Waals surface area contributed by atoms with E-state index < -0.39 is 17.6 Å². The number of hydrogen-bond donors (Lipinski definition) is 2. The molecule has 1 saturated heterocycles. The highest BCUT2D eigenvalue weighted by molar-refractivity contribution is 5.67. The molecule has 1 aliphatic heterocycles. The molecule has 0 amide bonds. The summed E-state index contributed by atoms with van der Waals surface area (Å²) in [5.74, 6) is -0.833. The normalized spacial score (nSPS) is 15.0. The van der Waals surface area contributed by atoms with Crippen molar-refractivity contribution >= 4 is 17.5 Å². The number of halogens is 2. The van der Waals surface area contributed by atoms with Crippen LogP contribution in [0.15, 0.2) is 24.4 Å². The molecule has 6 nitrogen and oxygen atoms in total. The quantitative estimate of drug-likeness (QED) is 0.721. The molecule has 0 saturated carbocycles. The highest BCUT2D eigenvalue weighted by atomic mass is 19.1. The third-order valence-electron chi connectivity index (χ3n) is 5.02. The first-order valence-electron chi connectivity index (χ1n) is 9.86. The van der Waals surface area contributed by atoms with Crippen LogP contribution in [-0.2, 0) is 4.79 Å². The van der Waals surface area contributed by atoms with Gasteiger partial charge in [-0.05, 0) is 42.9 Å². The van der Waals surface area contributed by atoms with E-state index in [9.17, 15) is 13.6 Å². The number of piperidine rings is 1. The van der Waals surface area contributed by atoms with E-state index >= 15 is 0 Å². The summed E-state index contributed by atoms with van der Waals surface area (Å²) >= 11 is 0. The molecule has 3 rings (SSSR count). The summed E-state index contributed by atoms with van der Waals surface area (Å²) in [6.07, 6.45) is 2.84. The Balaban J connectivity index is 1.76. The van der Waals surface area contributed by atoms with Gasteiger partial charge in [-0.3, -0.25) is 4.79 Å². The van der Waals surface area contributed by atoms with Gasteiger partial charge in [0.05, 0.1) is 0 Å². The van der Waals surface area contributed by atoms with Gasteiger partial charge < -0.3 is 15.3 Å². The van der Waals surface area contributed by atoms with Gasteiger partial charge in [0.1, 0.15) is 23.1 Å². The smallest absolute Gasteiger partial charge is 0.303 e. The lowest BCUT2D eigenvalue weighted by Crippen LogP contribution is -2.35. The maximum absolute atomic E-state index is 14.8. The number of carboxylic acids is 1. The van der Waals surface area contributed by atoms with Crippen LogP contribution in [0.25, 0.3) is 11.4 Å². The Bertz CT molecular complexity index is 845. The second-order valence-electron chi connectivity index (χ2n) is 7.86. The number of hydrogen-bond acceptors (Lipinski definition) is 5. The average molecular weight is 404 g/mol. The van der Waals surface area contributed by atoms with E-state index in [-0.39, 0.29) is 29.4 Å². The minimum Gasteiger partial charge on any atom is -0.481 e. The van der Waals surface area contributed by atoms with Crippen LogP contribution < -0.4 is 10.2 Å². The van der Waals surface area contributed by atoms with Crippen molar-refractivity contribution in [1.82, 2.24) is 9.97 Å². The minimum absolute atomic E-state index is 0.0450. The lowest BCUT2D eigenvalue weighted by molar-refractivity contribution is -0.138. The van der Waals surface area contributed by atoms with Crippen molar-refractivity contribution in [2.45, 2.75) is 33.1 Å². The summed E-state index contributed by atoms with van der Waals surface area (Å²) in [6.45, 7) is 5.73. The van der Waals surface area contributed by atoms with E-state index in [1.807, 2.05) is 0 Å². The van der Waals surface area contributed by atoms with Crippen molar-refractivity contribution in [2.24, 2.45) is 11.8 Å². The zero-order valence-electron chi connectivity index (χ0n) is 16.7. The molecule has 29 heavy (non-hydrogen) atoms. The Labute approximate surface area is 169 Å². The van der Waals surface area contributed by atoms with Gasteiger partial charge in [-0.2, -0.15) is 0 Å². The van der Waals surface area contributed by atoms with Crippen LogP contribution in [0.3, 0.4) is 0 Å². The highest BCUT2D eigenvalue weighted by Gasteiger charge is 2.26. The Hall–Kier alpha value is -2.77. The van der Waals surface area contributed by atoms with Gasteiger partial charge in [0, 0.05) is 37.8 Å². The summed E-state index contributed by atoms with van der Waals surface area (Å²) in [7, 11) is 0. The second-order valence-corrected chi connectivity index (χ2v) is 7.86. The Morgan fingerprint density at radius 3 is 2.52 bits per heavy atom. The maximum atomic E-state index is 14.8. The van der Waals surface area contributed by atoms with Crippen LogP contribution in [0.2, 0.25) is 0 Å². The summed E-state index contributed by atoms with van der Waals surface area (Å²) < 4.78 is 29.6. The monoisotopic (exact) mass is 404 g/mol. The fourth-order valence-corrected chi connectivity index (χ4v) is 3.51. The van der Waals surface area contributed by atoms with E-state index in [2.05, 4.69) is 29.1 Å². The number of aliphatic carboxylic acids is 1. The Morgan fingerprint density at radius 2 is 1.93 bits per heavy atom. The molecule has 0 aliphatic carbocycles. The van der Waals surface area contributed by atoms with Gasteiger partial charge in [-0.25, -0.2) is 18.7 Å². The van der Waals surface area contributed by atoms with Crippen molar-refractivity contribution in [3.05, 3.63) is 36.0 Å². The molecule has 8 heteroatoms. The summed E-state index contributed by atoms with van der Waals surface area (Å²) in [6, 6.07) is 4.22. The second kappa shape index (κ2) is 9.15. The Kier molecular flexibility index (Phi) is 6.61. The molecule has 0 bridgehead atoms. The molecule has 1 aromatic carbocycles. The summed E-state index contributed by atoms with van der Waals surface area (Å²) in [5.41, 5.74) is 0.203. The standard InChI is InChI=1S/C21H26F2N4O2/c1-13(2)12-25-18-3-6-24-21(26-18)15-10-16(22)20(17(23)11-15)27-7-4-14(5-8-27)9-19(28)29/h3,6,10-11,13-14H,4-5,7-9,12H2,1-2H3,(H,28,29)(H,24,25,26). The fraction of sp³-hybridized carbons (Fsp3) is 0.476. The first-order valence-corrected chi connectivity index (χ1v) is 9.86. The predicted octanol–water partition coefficient (Wildman–Crippen LogP) is 4.18. The first-order chi connectivity index (χ1) is 13.8. The molecule has 0 unspecified atom stereocenters. The molecule has 2 N–H and O–H groups in total. The van der Waals surface area contributed by atoms with E-state index in [0.717, 1.165) is 6.54 Å². The molecule has 0 spiro atoms. The van der Waals surface area contributed by atoms with Crippen LogP contribution in [-0.4, -0.2) is 40.7 Å². The first kappa shape index (κ1) is 21.0. The topological polar surface area (TPSA) is 78.4 Å². The number of nitrogens with one attached hydrogen (secondary N) is 1. The zero-order valence-corrected chi connectivity index (χ0v) is 16.7. The van der Waals surface area contributed by atoms with Crippen molar-refractivity contribution in [3.63, 3.8) is 0 Å². The summed E-state index contributed by atoms with van der Waals surface area (Å²) in [4.78, 5) is 21.0. The van der Waals surface area contributed by atoms with Gasteiger partial charge in [0.15, 0.2) is 5.82 Å². The van der Waals surface area contributed by atoms with Crippen LogP contribution in [0.5, 0.6) is 0 Å². The fourth-order valence-electron chi connectivity index (χ4n) is 3.51. The number of benzene rings is 1. The molecule has 2 heterocycles. The highest BCUT2D eigenvalue weighted by Crippen LogP contribution is 2.32. The van der Waals surface area contributed by atoms with Gasteiger partial charge in [0.25, 0.3) is 0 Å². The third kappa shape index (κ3) is 5.40. The number of aromatic nitrogens is 2. The van der Waals surface area contributed by atoms with Crippen molar-refractivity contribution in [1.29, 1.82) is 0 Å². The number of carbonyl (C=O) groups is 1. The molecular weight excluding hydrogens is 378 g/mol. The van der Waals surface area contributed by atoms with E-state index in [1.165, 1.54) is 12.1 Å². The van der Waals surface area contributed by atoms with E-state index in [1.54, 1.807) is 17.2 Å². The molecule has 2 aromatic rings. The van der Waals surface area contributed by atoms with E-state index in [4.69, 9.17) is 5.11 Å². The van der Waals surface area contributed by atoms with Crippen LogP contribution >= 0.6 is 0 Å². The molecule has 156 valence electrons. The third-order valence-corrected chi connectivity index (χ3v) is 5.02. The van der Waals surface area contributed by atoms with Gasteiger partial charge >= 0.3 is 5.97 Å². The molecule has 0 radical (unpaired) electrons. The van der Waals surface area contributed by atoms with Crippen LogP contribution in [0.1, 0.15) is 33.1 Å². The lowest BCUT2D eigenvalue weighted by Gasteiger charge is -2.33. The molecule has 0 atom stereocenters. The largest absolute Gasteiger partial charge is 0.481 e. The summed E-state index contributed by atoms with van der Waals surface area (Å²) in [5, 5.41) is 12.1. The molecule has 1 aliphatic rings. The molecule has 1 fully saturated rings. The van der Waals surface area contributed by atoms with E-state index in [0.29, 0.717) is 37.7 Å². The molecule has 1 aromatic heterocycles. The van der Waals surface area contributed by atoms with Crippen LogP contribution in [0.4, 0.5) is 20.3 Å².